The first-order valence-electron chi connectivity index (χ1n) is 16.6. The van der Waals surface area contributed by atoms with Crippen LogP contribution in [0.25, 0.3) is 17.0 Å². The molecule has 4 N–H and O–H groups in total. The number of pyridine rings is 1. The molecule has 5 atom stereocenters. The zero-order chi connectivity index (χ0) is 38.1. The van der Waals surface area contributed by atoms with Crippen LogP contribution in [-0.2, 0) is 33.4 Å². The summed E-state index contributed by atoms with van der Waals surface area (Å²) < 4.78 is 13.8. The van der Waals surface area contributed by atoms with Crippen LogP contribution in [0.15, 0.2) is 36.4 Å². The molecule has 13 nitrogen and oxygen atoms in total. The van der Waals surface area contributed by atoms with E-state index in [9.17, 15) is 24.3 Å². The van der Waals surface area contributed by atoms with Gasteiger partial charge in [0.1, 0.15) is 31.0 Å². The number of aliphatic hydroxyl groups is 1. The number of benzene rings is 1. The first kappa shape index (κ1) is 42.4. The number of nitrogens with zero attached hydrogens (tertiary/aromatic N) is 2. The molecule has 0 spiro atoms. The molecule has 0 radical (unpaired) electrons. The van der Waals surface area contributed by atoms with Crippen LogP contribution in [0.3, 0.4) is 0 Å². The molecule has 2 aromatic rings. The average molecular weight is 773 g/mol. The predicted octanol–water partition coefficient (Wildman–Crippen LogP) is 4.37. The highest BCUT2D eigenvalue weighted by Crippen LogP contribution is 2.27. The summed E-state index contributed by atoms with van der Waals surface area (Å²) in [5, 5.41) is 19.3. The number of alkyl halides is 3. The van der Waals surface area contributed by atoms with Gasteiger partial charge in [-0.3, -0.25) is 29.5 Å². The highest BCUT2D eigenvalue weighted by atomic mass is 35.6. The van der Waals surface area contributed by atoms with Gasteiger partial charge in [0, 0.05) is 31.4 Å². The van der Waals surface area contributed by atoms with Crippen molar-refractivity contribution in [3.8, 4) is 0 Å². The van der Waals surface area contributed by atoms with Gasteiger partial charge in [-0.25, -0.2) is 10.4 Å². The van der Waals surface area contributed by atoms with Gasteiger partial charge in [0.15, 0.2) is 0 Å². The molecule has 1 aromatic heterocycles. The Morgan fingerprint density at radius 3 is 2.45 bits per heavy atom. The number of esters is 2. The van der Waals surface area contributed by atoms with Gasteiger partial charge in [0.25, 0.3) is 5.91 Å². The van der Waals surface area contributed by atoms with Crippen LogP contribution in [0.4, 0.5) is 0 Å². The van der Waals surface area contributed by atoms with E-state index in [2.05, 4.69) is 21.0 Å². The number of fused-ring (bicyclic) bond motifs is 1. The predicted molar refractivity (Wildman–Crippen MR) is 195 cm³/mol. The molecule has 0 aliphatic carbocycles. The number of hydrazine groups is 1. The van der Waals surface area contributed by atoms with E-state index in [1.54, 1.807) is 6.92 Å². The van der Waals surface area contributed by atoms with Gasteiger partial charge in [0.2, 0.25) is 9.70 Å². The summed E-state index contributed by atoms with van der Waals surface area (Å²) in [4.78, 5) is 55.7. The second kappa shape index (κ2) is 18.6. The maximum absolute atomic E-state index is 13.6. The van der Waals surface area contributed by atoms with Crippen molar-refractivity contribution in [2.75, 3.05) is 26.9 Å². The van der Waals surface area contributed by atoms with Crippen LogP contribution in [0, 0.1) is 11.3 Å². The molecule has 2 amide bonds. The Bertz CT molecular complexity index is 1570. The third-order valence-corrected chi connectivity index (χ3v) is 8.58. The Labute approximate surface area is 313 Å². The van der Waals surface area contributed by atoms with Crippen molar-refractivity contribution < 1.29 is 38.5 Å². The first-order chi connectivity index (χ1) is 23.8. The lowest BCUT2D eigenvalue weighted by molar-refractivity contribution is -0.153. The topological polar surface area (TPSA) is 168 Å². The average Bonchev–Trinajstić information content (AvgIpc) is 3.06. The molecule has 51 heavy (non-hydrogen) atoms. The molecule has 1 saturated heterocycles. The number of hydrogen-bond donors (Lipinski definition) is 4. The second-order valence-electron chi connectivity index (χ2n) is 13.4. The van der Waals surface area contributed by atoms with Crippen LogP contribution in [0.1, 0.15) is 71.7 Å². The normalized spacial score (nSPS) is 18.0. The number of hydrogen-bond acceptors (Lipinski definition) is 11. The van der Waals surface area contributed by atoms with Gasteiger partial charge in [-0.15, -0.1) is 0 Å². The van der Waals surface area contributed by atoms with E-state index in [4.69, 9.17) is 49.0 Å². The SMILES string of the molecule is COC[C@H](NC(=O)[C@@H](NC(O)C(C)(C)/C=C/c1ccc2ccc([C@@H](C)OC(C)=O)nc2c1)C(C)C)C(=O)N1CCC[C@@H](C(=O)OCC(Cl)(Cl)Cl)N1. The number of carbonyl (C=O) groups excluding carboxylic acids is 4. The van der Waals surface area contributed by atoms with E-state index in [1.807, 2.05) is 70.2 Å². The maximum atomic E-state index is 13.6. The van der Waals surface area contributed by atoms with Crippen molar-refractivity contribution in [2.45, 2.75) is 88.6 Å². The van der Waals surface area contributed by atoms with Crippen molar-refractivity contribution >= 4 is 75.5 Å². The molecular weight excluding hydrogens is 725 g/mol. The molecule has 0 bridgehead atoms. The summed E-state index contributed by atoms with van der Waals surface area (Å²) in [6.45, 7) is 10.1. The lowest BCUT2D eigenvalue weighted by Gasteiger charge is -2.36. The fourth-order valence-electron chi connectivity index (χ4n) is 5.31. The summed E-state index contributed by atoms with van der Waals surface area (Å²) in [7, 11) is 1.40. The Morgan fingerprint density at radius 1 is 1.14 bits per heavy atom. The third-order valence-electron chi connectivity index (χ3n) is 8.26. The van der Waals surface area contributed by atoms with Crippen molar-refractivity contribution in [1.29, 1.82) is 0 Å². The van der Waals surface area contributed by atoms with Crippen LogP contribution < -0.4 is 16.1 Å². The maximum Gasteiger partial charge on any atom is 0.325 e. The number of aromatic nitrogens is 1. The molecular formula is C35H48Cl3N5O8. The van der Waals surface area contributed by atoms with E-state index in [1.165, 1.54) is 19.0 Å². The minimum Gasteiger partial charge on any atom is -0.460 e. The standard InChI is InChI=1S/C35H48Cl3N5O8/c1-20(2)29(30(45)40-28(18-49-7)31(46)43-16-8-9-26(42-43)32(47)50-19-35(36,37)38)41-33(48)34(5,6)15-14-23-10-11-24-12-13-25(39-27(24)17-23)21(3)51-22(4)44/h10-15,17,20-21,26,28-29,33,41-42,48H,8-9,16,18-19H2,1-7H3,(H,40,45)/b15-14+/t21-,26+,28+,29+,33?/m1/s1. The molecule has 0 saturated carbocycles. The Balaban J connectivity index is 1.68. The molecule has 282 valence electrons. The number of nitrogens with one attached hydrogen (secondary N) is 3. The van der Waals surface area contributed by atoms with Gasteiger partial charge < -0.3 is 24.6 Å². The van der Waals surface area contributed by atoms with Crippen molar-refractivity contribution in [3.05, 3.63) is 47.7 Å². The van der Waals surface area contributed by atoms with E-state index < -0.39 is 64.1 Å². The molecule has 16 heteroatoms. The van der Waals surface area contributed by atoms with E-state index in [0.29, 0.717) is 18.5 Å². The highest BCUT2D eigenvalue weighted by molar-refractivity contribution is 6.67. The monoisotopic (exact) mass is 771 g/mol. The number of carbonyl (C=O) groups is 4. The fraction of sp³-hybridized carbons (Fsp3) is 0.571. The van der Waals surface area contributed by atoms with Crippen molar-refractivity contribution in [1.82, 2.24) is 26.1 Å². The molecule has 1 unspecified atom stereocenters. The van der Waals surface area contributed by atoms with Gasteiger partial charge >= 0.3 is 11.9 Å². The lowest BCUT2D eigenvalue weighted by atomic mass is 9.88. The number of amides is 2. The van der Waals surface area contributed by atoms with Gasteiger partial charge in [-0.2, -0.15) is 0 Å². The van der Waals surface area contributed by atoms with E-state index >= 15 is 0 Å². The second-order valence-corrected chi connectivity index (χ2v) is 16.0. The molecule has 2 heterocycles. The summed E-state index contributed by atoms with van der Waals surface area (Å²) in [5.74, 6) is -2.39. The molecule has 1 aliphatic rings. The third kappa shape index (κ3) is 12.8. The van der Waals surface area contributed by atoms with Crippen molar-refractivity contribution in [3.63, 3.8) is 0 Å². The zero-order valence-electron chi connectivity index (χ0n) is 29.9. The Hall–Kier alpha value is -3.04. The molecule has 1 aromatic carbocycles. The summed E-state index contributed by atoms with van der Waals surface area (Å²) in [6, 6.07) is 6.64. The zero-order valence-corrected chi connectivity index (χ0v) is 32.1. The largest absolute Gasteiger partial charge is 0.460 e. The number of ether oxygens (including phenoxy) is 3. The van der Waals surface area contributed by atoms with Crippen LogP contribution in [0.2, 0.25) is 0 Å². The number of halogens is 3. The van der Waals surface area contributed by atoms with Crippen LogP contribution >= 0.6 is 34.8 Å². The Kier molecular flexibility index (Phi) is 15.5. The van der Waals surface area contributed by atoms with Gasteiger partial charge in [0.05, 0.1) is 23.9 Å². The van der Waals surface area contributed by atoms with Gasteiger partial charge in [-0.1, -0.05) is 92.8 Å². The lowest BCUT2D eigenvalue weighted by Crippen LogP contribution is -2.63. The van der Waals surface area contributed by atoms with Crippen LogP contribution in [-0.4, -0.2) is 93.9 Å². The smallest absolute Gasteiger partial charge is 0.325 e. The van der Waals surface area contributed by atoms with Crippen LogP contribution in [0.5, 0.6) is 0 Å². The summed E-state index contributed by atoms with van der Waals surface area (Å²) >= 11 is 17.1. The number of aliphatic hydroxyl groups excluding tert-OH is 1. The van der Waals surface area contributed by atoms with E-state index in [-0.39, 0.29) is 25.0 Å². The summed E-state index contributed by atoms with van der Waals surface area (Å²) in [5.41, 5.74) is 4.18. The minimum atomic E-state index is -1.78. The number of methoxy groups -OCH3 is 1. The molecule has 1 fully saturated rings. The fourth-order valence-corrected chi connectivity index (χ4v) is 5.47. The highest BCUT2D eigenvalue weighted by Gasteiger charge is 2.37. The molecule has 3 rings (SSSR count). The Morgan fingerprint density at radius 2 is 1.82 bits per heavy atom. The first-order valence-corrected chi connectivity index (χ1v) is 17.8. The van der Waals surface area contributed by atoms with E-state index in [0.717, 1.165) is 16.5 Å². The van der Waals surface area contributed by atoms with Crippen molar-refractivity contribution in [2.24, 2.45) is 11.3 Å². The molecule has 1 aliphatic heterocycles. The van der Waals surface area contributed by atoms with Gasteiger partial charge in [-0.05, 0) is 43.4 Å². The minimum absolute atomic E-state index is 0.141. The quantitative estimate of drug-likeness (QED) is 0.115. The summed E-state index contributed by atoms with van der Waals surface area (Å²) in [6.07, 6.45) is 2.91. The number of rotatable bonds is 15.